The molecule has 0 unspecified atom stereocenters. The molecule has 0 amide bonds. The molecule has 3 aliphatic rings. The SMILES string of the molecule is Cc1cc2c3c(c1)N(c1c(C)cc(C(C)(C)C)cc1-c1ccccc1)c1cc4c(cc1B3c1cc(C(C)(C)C)ccc1N2c1cc(-c2cc3ccccc3o2)cc(-c2cc3ccccc3o2)c1)OCCO4. The van der Waals surface area contributed by atoms with Gasteiger partial charge in [-0.25, -0.2) is 0 Å². The number of rotatable bonds is 5. The number of furan rings is 2. The third-order valence-corrected chi connectivity index (χ3v) is 14.8. The average Bonchev–Trinajstić information content (AvgIpc) is 4.01. The number of hydrogen-bond donors (Lipinski definition) is 0. The second kappa shape index (κ2) is 15.8. The predicted molar refractivity (Wildman–Crippen MR) is 294 cm³/mol. The highest BCUT2D eigenvalue weighted by Crippen LogP contribution is 2.51. The maximum atomic E-state index is 6.68. The molecular weight excluding hydrogens is 872 g/mol. The second-order valence-corrected chi connectivity index (χ2v) is 21.8. The number of nitrogens with zero attached hydrogens (tertiary/aromatic N) is 2. The van der Waals surface area contributed by atoms with Gasteiger partial charge in [0.25, 0.3) is 6.71 Å². The van der Waals surface area contributed by atoms with Crippen molar-refractivity contribution in [3.63, 3.8) is 0 Å². The zero-order valence-electron chi connectivity index (χ0n) is 41.6. The quantitative estimate of drug-likeness (QED) is 0.160. The van der Waals surface area contributed by atoms with Gasteiger partial charge in [0.2, 0.25) is 0 Å². The number of ether oxygens (including phenoxy) is 2. The Balaban J connectivity index is 1.13. The first-order valence-electron chi connectivity index (χ1n) is 24.9. The molecule has 348 valence electrons. The fourth-order valence-electron chi connectivity index (χ4n) is 11.3. The van der Waals surface area contributed by atoms with Crippen molar-refractivity contribution < 1.29 is 18.3 Å². The summed E-state index contributed by atoms with van der Waals surface area (Å²) < 4.78 is 26.3. The number of anilines is 6. The maximum Gasteiger partial charge on any atom is 0.252 e. The first-order valence-corrected chi connectivity index (χ1v) is 24.9. The van der Waals surface area contributed by atoms with Gasteiger partial charge in [-0.05, 0) is 142 Å². The normalized spacial score (nSPS) is 13.9. The fraction of sp³-hybridized carbons (Fsp3) is 0.188. The number of fused-ring (bicyclic) bond motifs is 7. The molecule has 7 heteroatoms. The topological polar surface area (TPSA) is 51.2 Å². The van der Waals surface area contributed by atoms with Crippen molar-refractivity contribution in [1.82, 2.24) is 0 Å². The number of benzene rings is 8. The zero-order valence-corrected chi connectivity index (χ0v) is 41.6. The van der Waals surface area contributed by atoms with Crippen molar-refractivity contribution in [3.05, 3.63) is 186 Å². The summed E-state index contributed by atoms with van der Waals surface area (Å²) in [5.41, 5.74) is 21.0. The van der Waals surface area contributed by atoms with Crippen molar-refractivity contribution in [1.29, 1.82) is 0 Å². The van der Waals surface area contributed by atoms with Crippen LogP contribution in [0.1, 0.15) is 63.8 Å². The number of hydrogen-bond acceptors (Lipinski definition) is 6. The molecule has 0 aliphatic carbocycles. The van der Waals surface area contributed by atoms with E-state index in [1.54, 1.807) is 0 Å². The Morgan fingerprint density at radius 1 is 0.465 bits per heavy atom. The van der Waals surface area contributed by atoms with Gasteiger partial charge in [0.15, 0.2) is 11.5 Å². The summed E-state index contributed by atoms with van der Waals surface area (Å²) in [7, 11) is 0. The minimum absolute atomic E-state index is 0.0718. The molecule has 10 aromatic rings. The van der Waals surface area contributed by atoms with Crippen LogP contribution in [0.5, 0.6) is 11.5 Å². The van der Waals surface area contributed by atoms with Crippen molar-refractivity contribution in [2.75, 3.05) is 23.0 Å². The van der Waals surface area contributed by atoms with Crippen LogP contribution >= 0.6 is 0 Å². The van der Waals surface area contributed by atoms with Gasteiger partial charge in [-0.3, -0.25) is 0 Å². The van der Waals surface area contributed by atoms with Gasteiger partial charge in [0.05, 0.1) is 5.69 Å². The van der Waals surface area contributed by atoms with Gasteiger partial charge in [-0.15, -0.1) is 0 Å². The highest BCUT2D eigenvalue weighted by atomic mass is 16.6. The van der Waals surface area contributed by atoms with E-state index in [1.807, 2.05) is 24.3 Å². The van der Waals surface area contributed by atoms with E-state index >= 15 is 0 Å². The Kier molecular flexibility index (Phi) is 9.61. The molecule has 3 aliphatic heterocycles. The van der Waals surface area contributed by atoms with Crippen LogP contribution in [-0.4, -0.2) is 19.9 Å². The Labute approximate surface area is 416 Å². The molecule has 0 spiro atoms. The summed E-state index contributed by atoms with van der Waals surface area (Å²) in [4.78, 5) is 5.04. The number of para-hydroxylation sites is 2. The minimum Gasteiger partial charge on any atom is -0.486 e. The third kappa shape index (κ3) is 7.07. The first-order chi connectivity index (χ1) is 34.2. The van der Waals surface area contributed by atoms with Crippen LogP contribution in [0.25, 0.3) is 55.7 Å². The number of aryl methyl sites for hydroxylation is 2. The second-order valence-electron chi connectivity index (χ2n) is 21.8. The minimum atomic E-state index is -0.140. The maximum absolute atomic E-state index is 6.68. The van der Waals surface area contributed by atoms with E-state index in [4.69, 9.17) is 18.3 Å². The highest BCUT2D eigenvalue weighted by molar-refractivity contribution is 7.00. The molecule has 6 nitrogen and oxygen atoms in total. The Morgan fingerprint density at radius 3 is 1.66 bits per heavy atom. The van der Waals surface area contributed by atoms with Crippen molar-refractivity contribution in [3.8, 4) is 45.3 Å². The Morgan fingerprint density at radius 2 is 1.04 bits per heavy atom. The molecule has 0 saturated carbocycles. The molecule has 13 rings (SSSR count). The molecule has 0 saturated heterocycles. The van der Waals surface area contributed by atoms with E-state index in [1.165, 1.54) is 44.2 Å². The van der Waals surface area contributed by atoms with Crippen LogP contribution in [0.15, 0.2) is 173 Å². The van der Waals surface area contributed by atoms with Crippen molar-refractivity contribution >= 4 is 79.2 Å². The summed E-state index contributed by atoms with van der Waals surface area (Å²) in [6, 6.07) is 59.7. The van der Waals surface area contributed by atoms with Gasteiger partial charge >= 0.3 is 0 Å². The van der Waals surface area contributed by atoms with E-state index < -0.39 is 0 Å². The lowest BCUT2D eigenvalue weighted by Gasteiger charge is -2.46. The molecule has 0 bridgehead atoms. The lowest BCUT2D eigenvalue weighted by molar-refractivity contribution is 0.172. The van der Waals surface area contributed by atoms with E-state index in [0.717, 1.165) is 95.8 Å². The molecule has 0 N–H and O–H groups in total. The van der Waals surface area contributed by atoms with Gasteiger partial charge in [-0.2, -0.15) is 0 Å². The van der Waals surface area contributed by atoms with Gasteiger partial charge < -0.3 is 28.1 Å². The molecule has 0 radical (unpaired) electrons. The molecule has 5 heterocycles. The van der Waals surface area contributed by atoms with E-state index in [-0.39, 0.29) is 17.5 Å². The van der Waals surface area contributed by atoms with Gasteiger partial charge in [0.1, 0.15) is 35.9 Å². The van der Waals surface area contributed by atoms with Gasteiger partial charge in [-0.1, -0.05) is 126 Å². The Hall–Kier alpha value is -7.90. The summed E-state index contributed by atoms with van der Waals surface area (Å²) in [5.74, 6) is 3.14. The fourth-order valence-corrected chi connectivity index (χ4v) is 11.3. The lowest BCUT2D eigenvalue weighted by Crippen LogP contribution is -2.61. The largest absolute Gasteiger partial charge is 0.486 e. The first kappa shape index (κ1) is 43.1. The summed E-state index contributed by atoms with van der Waals surface area (Å²) >= 11 is 0. The van der Waals surface area contributed by atoms with Crippen LogP contribution in [0.2, 0.25) is 0 Å². The van der Waals surface area contributed by atoms with Gasteiger partial charge in [0, 0.05) is 62.0 Å². The van der Waals surface area contributed by atoms with Crippen LogP contribution < -0.4 is 35.7 Å². The van der Waals surface area contributed by atoms with Crippen LogP contribution in [0.4, 0.5) is 34.1 Å². The van der Waals surface area contributed by atoms with Crippen LogP contribution in [0.3, 0.4) is 0 Å². The average molecular weight is 927 g/mol. The molecule has 8 aromatic carbocycles. The van der Waals surface area contributed by atoms with E-state index in [0.29, 0.717) is 13.2 Å². The van der Waals surface area contributed by atoms with Crippen LogP contribution in [0, 0.1) is 13.8 Å². The lowest BCUT2D eigenvalue weighted by atomic mass is 9.33. The molecule has 2 aromatic heterocycles. The molecule has 0 fully saturated rings. The zero-order chi connectivity index (χ0) is 48.5. The summed E-state index contributed by atoms with van der Waals surface area (Å²) in [6.45, 7) is 19.2. The van der Waals surface area contributed by atoms with E-state index in [2.05, 4.69) is 205 Å². The van der Waals surface area contributed by atoms with E-state index in [9.17, 15) is 0 Å². The monoisotopic (exact) mass is 926 g/mol. The smallest absolute Gasteiger partial charge is 0.252 e. The Bertz CT molecular complexity index is 3640. The molecular formula is C64H55BN2O4. The molecule has 0 atom stereocenters. The molecule has 71 heavy (non-hydrogen) atoms. The summed E-state index contributed by atoms with van der Waals surface area (Å²) in [5, 5.41) is 2.12. The predicted octanol–water partition coefficient (Wildman–Crippen LogP) is 15.2. The van der Waals surface area contributed by atoms with Crippen LogP contribution in [-0.2, 0) is 10.8 Å². The van der Waals surface area contributed by atoms with Crippen molar-refractivity contribution in [2.24, 2.45) is 0 Å². The summed E-state index contributed by atoms with van der Waals surface area (Å²) in [6.07, 6.45) is 0. The standard InChI is InChI=1S/C64H55BN2O4/c1-38-26-53-61-54(27-38)67(62-39(2)28-46(64(6,7)8)34-48(62)40-16-10-9-11-17-40)52-37-60-59(68-24-25-69-60)36-50(52)65(61)49-35-45(63(3,4)5)22-23-51(49)66(53)47-30-43(57-32-41-18-12-14-20-55(41)70-57)29-44(31-47)58-33-42-19-13-15-21-56(42)71-58/h9-23,26-37H,24-25H2,1-8H3. The van der Waals surface area contributed by atoms with Crippen molar-refractivity contribution in [2.45, 2.75) is 66.2 Å². The third-order valence-electron chi connectivity index (χ3n) is 14.8. The highest BCUT2D eigenvalue weighted by Gasteiger charge is 2.45.